The van der Waals surface area contributed by atoms with Crippen molar-refractivity contribution < 1.29 is 22.4 Å². The van der Waals surface area contributed by atoms with Crippen LogP contribution >= 0.6 is 15.9 Å². The third-order valence-corrected chi connectivity index (χ3v) is 3.92. The number of hydrogen-bond acceptors (Lipinski definition) is 1. The van der Waals surface area contributed by atoms with E-state index in [0.717, 1.165) is 4.90 Å². The van der Waals surface area contributed by atoms with Crippen LogP contribution < -0.4 is 0 Å². The van der Waals surface area contributed by atoms with Gasteiger partial charge in [0, 0.05) is 6.54 Å². The van der Waals surface area contributed by atoms with Crippen LogP contribution in [0.1, 0.15) is 18.4 Å². The summed E-state index contributed by atoms with van der Waals surface area (Å²) in [4.78, 5) is 12.8. The molecule has 0 unspecified atom stereocenters. The molecule has 2 rings (SSSR count). The van der Waals surface area contributed by atoms with Gasteiger partial charge in [-0.1, -0.05) is 28.1 Å². The Labute approximate surface area is 128 Å². The molecule has 1 aromatic rings. The quantitative estimate of drug-likeness (QED) is 0.571. The van der Waals surface area contributed by atoms with Crippen LogP contribution in [0, 0.1) is 11.7 Å². The molecular formula is C14H14BrF4NO. The van der Waals surface area contributed by atoms with Crippen molar-refractivity contribution in [2.45, 2.75) is 31.6 Å². The predicted molar refractivity (Wildman–Crippen MR) is 73.3 cm³/mol. The van der Waals surface area contributed by atoms with E-state index < -0.39 is 29.9 Å². The Balaban J connectivity index is 2.24. The maximum atomic E-state index is 13.3. The average molecular weight is 368 g/mol. The zero-order chi connectivity index (χ0) is 15.6. The van der Waals surface area contributed by atoms with Crippen molar-refractivity contribution in [2.24, 2.45) is 5.92 Å². The molecule has 0 heterocycles. The lowest BCUT2D eigenvalue weighted by molar-refractivity contribution is -0.195. The summed E-state index contributed by atoms with van der Waals surface area (Å²) in [7, 11) is 0. The van der Waals surface area contributed by atoms with Gasteiger partial charge >= 0.3 is 6.18 Å². The van der Waals surface area contributed by atoms with Crippen LogP contribution in [0.25, 0.3) is 0 Å². The molecular weight excluding hydrogens is 354 g/mol. The lowest BCUT2D eigenvalue weighted by Crippen LogP contribution is -2.50. The number of rotatable bonds is 5. The third kappa shape index (κ3) is 4.18. The van der Waals surface area contributed by atoms with Crippen molar-refractivity contribution in [1.82, 2.24) is 4.90 Å². The fraction of sp³-hybridized carbons (Fsp3) is 0.500. The van der Waals surface area contributed by atoms with Gasteiger partial charge in [-0.3, -0.25) is 4.79 Å². The zero-order valence-electron chi connectivity index (χ0n) is 11.0. The van der Waals surface area contributed by atoms with Crippen molar-refractivity contribution in [2.75, 3.05) is 5.33 Å². The monoisotopic (exact) mass is 367 g/mol. The van der Waals surface area contributed by atoms with Crippen molar-refractivity contribution in [3.63, 3.8) is 0 Å². The van der Waals surface area contributed by atoms with Gasteiger partial charge in [0.25, 0.3) is 0 Å². The van der Waals surface area contributed by atoms with E-state index in [4.69, 9.17) is 0 Å². The van der Waals surface area contributed by atoms with E-state index in [1.54, 1.807) is 0 Å². The maximum Gasteiger partial charge on any atom is 0.409 e. The zero-order valence-corrected chi connectivity index (χ0v) is 12.6. The standard InChI is InChI=1S/C14H14BrF4NO/c15-7-12(21)20(8-9-1-5-11(16)6-2-9)13(10-3-4-10)14(17,18)19/h1-2,5-6,10,13H,3-4,7-8H2/t13-/m1/s1. The van der Waals surface area contributed by atoms with E-state index >= 15 is 0 Å². The van der Waals surface area contributed by atoms with Crippen LogP contribution in [0.2, 0.25) is 0 Å². The van der Waals surface area contributed by atoms with Crippen LogP contribution in [-0.2, 0) is 11.3 Å². The van der Waals surface area contributed by atoms with E-state index in [1.807, 2.05) is 0 Å². The first-order valence-corrected chi connectivity index (χ1v) is 7.61. The molecule has 116 valence electrons. The first-order valence-electron chi connectivity index (χ1n) is 6.49. The number of benzene rings is 1. The Morgan fingerprint density at radius 3 is 2.29 bits per heavy atom. The second-order valence-electron chi connectivity index (χ2n) is 5.11. The van der Waals surface area contributed by atoms with E-state index in [2.05, 4.69) is 15.9 Å². The first-order chi connectivity index (χ1) is 9.82. The highest BCUT2D eigenvalue weighted by Crippen LogP contribution is 2.43. The average Bonchev–Trinajstić information content (AvgIpc) is 3.22. The molecule has 1 amide bonds. The fourth-order valence-electron chi connectivity index (χ4n) is 2.32. The molecule has 1 saturated carbocycles. The minimum Gasteiger partial charge on any atom is -0.325 e. The summed E-state index contributed by atoms with van der Waals surface area (Å²) in [5.41, 5.74) is 0.473. The summed E-state index contributed by atoms with van der Waals surface area (Å²) in [5, 5.41) is -0.173. The Hall–Kier alpha value is -1.11. The largest absolute Gasteiger partial charge is 0.409 e. The van der Waals surface area contributed by atoms with Crippen molar-refractivity contribution in [3.8, 4) is 0 Å². The van der Waals surface area contributed by atoms with Gasteiger partial charge in [-0.15, -0.1) is 0 Å². The first kappa shape index (κ1) is 16.3. The molecule has 21 heavy (non-hydrogen) atoms. The van der Waals surface area contributed by atoms with Crippen molar-refractivity contribution >= 4 is 21.8 Å². The minimum absolute atomic E-state index is 0.173. The Morgan fingerprint density at radius 2 is 1.86 bits per heavy atom. The molecule has 1 aromatic carbocycles. The highest BCUT2D eigenvalue weighted by Gasteiger charge is 2.53. The van der Waals surface area contributed by atoms with E-state index in [9.17, 15) is 22.4 Å². The van der Waals surface area contributed by atoms with Crippen LogP contribution in [0.15, 0.2) is 24.3 Å². The number of alkyl halides is 4. The SMILES string of the molecule is O=C(CBr)N(Cc1ccc(F)cc1)[C@H](C1CC1)C(F)(F)F. The summed E-state index contributed by atoms with van der Waals surface area (Å²) in [6.45, 7) is -0.175. The van der Waals surface area contributed by atoms with E-state index in [-0.39, 0.29) is 11.9 Å². The second-order valence-corrected chi connectivity index (χ2v) is 5.67. The number of carbonyl (C=O) groups excluding carboxylic acids is 1. The lowest BCUT2D eigenvalue weighted by Gasteiger charge is -2.33. The van der Waals surface area contributed by atoms with Crippen LogP contribution in [0.3, 0.4) is 0 Å². The molecule has 0 spiro atoms. The molecule has 2 nitrogen and oxygen atoms in total. The van der Waals surface area contributed by atoms with Gasteiger partial charge in [-0.25, -0.2) is 4.39 Å². The van der Waals surface area contributed by atoms with E-state index in [1.165, 1.54) is 24.3 Å². The number of carbonyl (C=O) groups is 1. The second kappa shape index (κ2) is 6.34. The molecule has 0 N–H and O–H groups in total. The Bertz CT molecular complexity index is 499. The Kier molecular flexibility index (Phi) is 4.91. The van der Waals surface area contributed by atoms with Gasteiger partial charge in [-0.05, 0) is 36.5 Å². The van der Waals surface area contributed by atoms with Crippen molar-refractivity contribution in [3.05, 3.63) is 35.6 Å². The summed E-state index contributed by atoms with van der Waals surface area (Å²) in [6, 6.07) is 3.36. The fourth-order valence-corrected chi connectivity index (χ4v) is 2.64. The van der Waals surface area contributed by atoms with Gasteiger partial charge in [0.15, 0.2) is 0 Å². The topological polar surface area (TPSA) is 20.3 Å². The normalized spacial score (nSPS) is 16.6. The van der Waals surface area contributed by atoms with Crippen LogP contribution in [0.4, 0.5) is 17.6 Å². The predicted octanol–water partition coefficient (Wildman–Crippen LogP) is 3.89. The molecule has 1 aliphatic carbocycles. The Morgan fingerprint density at radius 1 is 1.29 bits per heavy atom. The smallest absolute Gasteiger partial charge is 0.325 e. The van der Waals surface area contributed by atoms with Gasteiger partial charge in [0.05, 0.1) is 5.33 Å². The van der Waals surface area contributed by atoms with Gasteiger partial charge in [0.2, 0.25) is 5.91 Å². The molecule has 1 aliphatic rings. The summed E-state index contributed by atoms with van der Waals surface area (Å²) < 4.78 is 52.6. The molecule has 1 fully saturated rings. The molecule has 0 aliphatic heterocycles. The van der Waals surface area contributed by atoms with Gasteiger partial charge in [-0.2, -0.15) is 13.2 Å². The highest BCUT2D eigenvalue weighted by molar-refractivity contribution is 9.09. The molecule has 7 heteroatoms. The summed E-state index contributed by atoms with van der Waals surface area (Å²) in [6.07, 6.45) is -3.52. The summed E-state index contributed by atoms with van der Waals surface area (Å²) >= 11 is 2.93. The van der Waals surface area contributed by atoms with Crippen LogP contribution in [-0.4, -0.2) is 28.4 Å². The molecule has 0 saturated heterocycles. The van der Waals surface area contributed by atoms with Crippen molar-refractivity contribution in [1.29, 1.82) is 0 Å². The minimum atomic E-state index is -4.46. The molecule has 0 bridgehead atoms. The number of amides is 1. The van der Waals surface area contributed by atoms with Crippen LogP contribution in [0.5, 0.6) is 0 Å². The number of halogens is 5. The molecule has 1 atom stereocenters. The van der Waals surface area contributed by atoms with Gasteiger partial charge in [0.1, 0.15) is 11.9 Å². The molecule has 0 aromatic heterocycles. The van der Waals surface area contributed by atoms with E-state index in [0.29, 0.717) is 18.4 Å². The number of hydrogen-bond donors (Lipinski definition) is 0. The third-order valence-electron chi connectivity index (χ3n) is 3.44. The molecule has 0 radical (unpaired) electrons. The maximum absolute atomic E-state index is 13.3. The lowest BCUT2D eigenvalue weighted by atomic mass is 10.1. The highest BCUT2D eigenvalue weighted by atomic mass is 79.9. The van der Waals surface area contributed by atoms with Gasteiger partial charge < -0.3 is 4.90 Å². The summed E-state index contributed by atoms with van der Waals surface area (Å²) in [5.74, 6) is -1.62. The number of nitrogens with zero attached hydrogens (tertiary/aromatic N) is 1.